The van der Waals surface area contributed by atoms with Crippen LogP contribution < -0.4 is 11.1 Å². The van der Waals surface area contributed by atoms with Gasteiger partial charge in [-0.3, -0.25) is 4.98 Å². The zero-order valence-corrected chi connectivity index (χ0v) is 15.0. The second-order valence-corrected chi connectivity index (χ2v) is 7.17. The normalized spacial score (nSPS) is 19.7. The summed E-state index contributed by atoms with van der Waals surface area (Å²) in [4.78, 5) is 4.15. The number of phenols is 1. The van der Waals surface area contributed by atoms with Crippen LogP contribution in [-0.4, -0.2) is 22.2 Å². The van der Waals surface area contributed by atoms with Gasteiger partial charge < -0.3 is 16.2 Å². The Bertz CT molecular complexity index is 1010. The lowest BCUT2D eigenvalue weighted by molar-refractivity contribution is 0.396. The molecule has 0 atom stereocenters. The minimum absolute atomic E-state index is 0.00866. The van der Waals surface area contributed by atoms with E-state index in [-0.39, 0.29) is 23.2 Å². The van der Waals surface area contributed by atoms with Crippen LogP contribution >= 0.6 is 0 Å². The van der Waals surface area contributed by atoms with Crippen molar-refractivity contribution >= 4 is 16.6 Å². The van der Waals surface area contributed by atoms with Crippen molar-refractivity contribution in [1.82, 2.24) is 4.98 Å². The van der Waals surface area contributed by atoms with Gasteiger partial charge in [-0.15, -0.1) is 0 Å². The molecule has 1 fully saturated rings. The summed E-state index contributed by atoms with van der Waals surface area (Å²) in [5.74, 6) is -4.05. The van der Waals surface area contributed by atoms with Gasteiger partial charge in [0.15, 0.2) is 17.4 Å². The SMILES string of the molecule is N[C@H]1CC[C@H](Nc2[c]cnc3cc(F)c(-c4cc(F)c(O)c(F)c4)cc23)CC1. The number of rotatable bonds is 3. The number of fused-ring (bicyclic) bond motifs is 1. The molecule has 1 aliphatic carbocycles. The summed E-state index contributed by atoms with van der Waals surface area (Å²) in [6, 6.07) is 8.00. The van der Waals surface area contributed by atoms with Crippen LogP contribution in [0.4, 0.5) is 18.9 Å². The lowest BCUT2D eigenvalue weighted by atomic mass is 9.91. The second kappa shape index (κ2) is 7.31. The summed E-state index contributed by atoms with van der Waals surface area (Å²) >= 11 is 0. The molecule has 0 unspecified atom stereocenters. The van der Waals surface area contributed by atoms with Gasteiger partial charge in [0.1, 0.15) is 5.82 Å². The molecule has 1 saturated carbocycles. The number of hydrogen-bond donors (Lipinski definition) is 3. The third kappa shape index (κ3) is 3.49. The molecule has 0 saturated heterocycles. The number of nitrogens with one attached hydrogen (secondary N) is 1. The smallest absolute Gasteiger partial charge is 0.187 e. The monoisotopic (exact) mass is 386 g/mol. The highest BCUT2D eigenvalue weighted by molar-refractivity contribution is 5.94. The molecule has 4 N–H and O–H groups in total. The Labute approximate surface area is 160 Å². The van der Waals surface area contributed by atoms with Crippen molar-refractivity contribution < 1.29 is 18.3 Å². The molecular formula is C21H19F3N3O. The number of aromatic nitrogens is 1. The Morgan fingerprint density at radius 3 is 2.36 bits per heavy atom. The van der Waals surface area contributed by atoms with Gasteiger partial charge in [-0.25, -0.2) is 13.2 Å². The number of phenolic OH excluding ortho intramolecular Hbond substituents is 1. The van der Waals surface area contributed by atoms with Gasteiger partial charge in [-0.05, 0) is 49.4 Å². The minimum Gasteiger partial charge on any atom is -0.503 e. The first-order chi connectivity index (χ1) is 13.4. The van der Waals surface area contributed by atoms with Crippen molar-refractivity contribution in [2.45, 2.75) is 37.8 Å². The van der Waals surface area contributed by atoms with Crippen molar-refractivity contribution in [3.8, 4) is 16.9 Å². The molecule has 1 aliphatic rings. The lowest BCUT2D eigenvalue weighted by Crippen LogP contribution is -2.32. The largest absolute Gasteiger partial charge is 0.503 e. The minimum atomic E-state index is -1.15. The van der Waals surface area contributed by atoms with E-state index < -0.39 is 23.2 Å². The molecule has 2 aromatic carbocycles. The van der Waals surface area contributed by atoms with Gasteiger partial charge >= 0.3 is 0 Å². The van der Waals surface area contributed by atoms with Crippen LogP contribution in [0.5, 0.6) is 5.75 Å². The quantitative estimate of drug-likeness (QED) is 0.620. The molecule has 4 nitrogen and oxygen atoms in total. The Hall–Kier alpha value is -2.80. The summed E-state index contributed by atoms with van der Waals surface area (Å²) in [6.07, 6.45) is 5.15. The molecule has 28 heavy (non-hydrogen) atoms. The van der Waals surface area contributed by atoms with E-state index in [2.05, 4.69) is 16.4 Å². The number of halogens is 3. The van der Waals surface area contributed by atoms with Crippen LogP contribution in [0.3, 0.4) is 0 Å². The fourth-order valence-electron chi connectivity index (χ4n) is 3.64. The molecule has 0 amide bonds. The number of anilines is 1. The molecule has 1 radical (unpaired) electrons. The molecular weight excluding hydrogens is 367 g/mol. The van der Waals surface area contributed by atoms with Gasteiger partial charge in [-0.1, -0.05) is 0 Å². The lowest BCUT2D eigenvalue weighted by Gasteiger charge is -2.28. The van der Waals surface area contributed by atoms with E-state index in [0.29, 0.717) is 16.6 Å². The fourth-order valence-corrected chi connectivity index (χ4v) is 3.64. The predicted octanol–water partition coefficient (Wildman–Crippen LogP) is 4.51. The van der Waals surface area contributed by atoms with Crippen molar-refractivity contribution in [3.05, 3.63) is 54.0 Å². The van der Waals surface area contributed by atoms with Crippen LogP contribution in [0, 0.1) is 23.5 Å². The molecule has 3 aromatic rings. The third-order valence-corrected chi connectivity index (χ3v) is 5.22. The Kier molecular flexibility index (Phi) is 4.85. The third-order valence-electron chi connectivity index (χ3n) is 5.22. The standard InChI is InChI=1S/C21H19F3N3O/c22-16-10-20-15(9-14(16)11-7-17(23)21(28)18(24)8-11)19(5-6-26-20)27-13-3-1-12(25)2-4-13/h6-10,12-13,28H,1-4,25H2,(H,26,27)/t12-,13-. The average molecular weight is 386 g/mol. The maximum absolute atomic E-state index is 14.6. The summed E-state index contributed by atoms with van der Waals surface area (Å²) in [7, 11) is 0. The van der Waals surface area contributed by atoms with Crippen molar-refractivity contribution in [3.63, 3.8) is 0 Å². The van der Waals surface area contributed by atoms with Gasteiger partial charge in [0, 0.05) is 41.4 Å². The zero-order valence-electron chi connectivity index (χ0n) is 15.0. The highest BCUT2D eigenvalue weighted by Crippen LogP contribution is 2.34. The Morgan fingerprint density at radius 2 is 1.68 bits per heavy atom. The molecule has 7 heteroatoms. The molecule has 0 bridgehead atoms. The number of hydrogen-bond acceptors (Lipinski definition) is 4. The van der Waals surface area contributed by atoms with Gasteiger partial charge in [0.05, 0.1) is 11.2 Å². The highest BCUT2D eigenvalue weighted by atomic mass is 19.1. The first kappa shape index (κ1) is 18.6. The molecule has 1 aromatic heterocycles. The molecule has 4 rings (SSSR count). The van der Waals surface area contributed by atoms with Gasteiger partial charge in [-0.2, -0.15) is 0 Å². The molecule has 145 valence electrons. The number of nitrogens with two attached hydrogens (primary N) is 1. The van der Waals surface area contributed by atoms with E-state index in [9.17, 15) is 18.3 Å². The number of aromatic hydroxyl groups is 1. The van der Waals surface area contributed by atoms with E-state index in [4.69, 9.17) is 5.73 Å². The van der Waals surface area contributed by atoms with E-state index in [0.717, 1.165) is 37.8 Å². The second-order valence-electron chi connectivity index (χ2n) is 7.17. The van der Waals surface area contributed by atoms with E-state index in [1.165, 1.54) is 18.3 Å². The van der Waals surface area contributed by atoms with Crippen LogP contribution in [0.15, 0.2) is 30.5 Å². The summed E-state index contributed by atoms with van der Waals surface area (Å²) < 4.78 is 42.1. The van der Waals surface area contributed by atoms with E-state index in [1.807, 2.05) is 0 Å². The van der Waals surface area contributed by atoms with E-state index >= 15 is 0 Å². The van der Waals surface area contributed by atoms with Crippen LogP contribution in [0.25, 0.3) is 22.0 Å². The highest BCUT2D eigenvalue weighted by Gasteiger charge is 2.20. The topological polar surface area (TPSA) is 71.2 Å². The van der Waals surface area contributed by atoms with Crippen LogP contribution in [-0.2, 0) is 0 Å². The molecule has 0 aliphatic heterocycles. The average Bonchev–Trinajstić information content (AvgIpc) is 2.67. The van der Waals surface area contributed by atoms with Crippen molar-refractivity contribution in [2.75, 3.05) is 5.32 Å². The fraction of sp³-hybridized carbons (Fsp3) is 0.286. The first-order valence-corrected chi connectivity index (χ1v) is 9.13. The van der Waals surface area contributed by atoms with Gasteiger partial charge in [0.2, 0.25) is 0 Å². The van der Waals surface area contributed by atoms with E-state index in [1.54, 1.807) is 0 Å². The summed E-state index contributed by atoms with van der Waals surface area (Å²) in [6.45, 7) is 0. The van der Waals surface area contributed by atoms with Crippen molar-refractivity contribution in [1.29, 1.82) is 0 Å². The summed E-state index contributed by atoms with van der Waals surface area (Å²) in [5, 5.41) is 13.3. The number of benzene rings is 2. The molecule has 1 heterocycles. The maximum atomic E-state index is 14.6. The van der Waals surface area contributed by atoms with Crippen LogP contribution in [0.1, 0.15) is 25.7 Å². The maximum Gasteiger partial charge on any atom is 0.187 e. The zero-order chi connectivity index (χ0) is 19.8. The Balaban J connectivity index is 1.76. The molecule has 0 spiro atoms. The summed E-state index contributed by atoms with van der Waals surface area (Å²) in [5.41, 5.74) is 7.03. The van der Waals surface area contributed by atoms with Gasteiger partial charge in [0.25, 0.3) is 0 Å². The number of nitrogens with zero attached hydrogens (tertiary/aromatic N) is 1. The van der Waals surface area contributed by atoms with Crippen molar-refractivity contribution in [2.24, 2.45) is 5.73 Å². The predicted molar refractivity (Wildman–Crippen MR) is 101 cm³/mol. The number of pyridine rings is 1. The first-order valence-electron chi connectivity index (χ1n) is 9.13. The van der Waals surface area contributed by atoms with Crippen LogP contribution in [0.2, 0.25) is 0 Å². The Morgan fingerprint density at radius 1 is 1.00 bits per heavy atom.